The van der Waals surface area contributed by atoms with Crippen molar-refractivity contribution in [3.63, 3.8) is 0 Å². The number of aliphatic hydroxyl groups is 2. The first-order valence-electron chi connectivity index (χ1n) is 22.4. The van der Waals surface area contributed by atoms with E-state index in [1.54, 1.807) is 58.9 Å². The minimum Gasteiger partial charge on any atom is -0.476 e. The third-order valence-corrected chi connectivity index (χ3v) is 10.7. The van der Waals surface area contributed by atoms with Crippen LogP contribution in [0.25, 0.3) is 11.1 Å². The number of ketones is 2. The molecule has 390 valence electrons. The van der Waals surface area contributed by atoms with Crippen LogP contribution in [0.1, 0.15) is 85.3 Å². The van der Waals surface area contributed by atoms with Gasteiger partial charge < -0.3 is 39.6 Å². The summed E-state index contributed by atoms with van der Waals surface area (Å²) in [6.07, 6.45) is -2.70. The molecule has 72 heavy (non-hydrogen) atoms. The largest absolute Gasteiger partial charge is 0.491 e. The molecule has 4 aromatic carbocycles. The fourth-order valence-electron chi connectivity index (χ4n) is 6.35. The maximum atomic E-state index is 14.0. The first-order valence-corrected chi connectivity index (χ1v) is 23.9. The van der Waals surface area contributed by atoms with E-state index in [2.05, 4.69) is 27.8 Å². The number of hydrogen-bond donors (Lipinski definition) is 5. The summed E-state index contributed by atoms with van der Waals surface area (Å²) in [5.41, 5.74) is 1.63. The second-order valence-electron chi connectivity index (χ2n) is 16.7. The van der Waals surface area contributed by atoms with Gasteiger partial charge in [-0.05, 0) is 151 Å². The standard InChI is InChI=1S/C22H22ClFO6.C20H27BrO6.C6H5BClFO2.C4H6/c1-2-30-22(29)20(26)11-14(10-19(25)21(27)28)9-13-3-5-15(6-4-13)17-12-16(23)7-8-18(17)24;1-5-26-18(24)16(22)11-14(10-13-6-8-15(21)9-7-13)12-17(23)19(25)27-20(2,3)4;8-4-1-2-6(9)5(3-4)7(10)11;1-3-4-2/h3-8,12,14,20,26H,2,9-11H2,1H3,(H,27,28);6-9,14,16,22H,5,10-12H2,1-4H3;1-3,10-11H;1-2H3/t14-,20+;14-,16-;;/m01../s1. The Morgan fingerprint density at radius 2 is 1.11 bits per heavy atom. The van der Waals surface area contributed by atoms with E-state index < -0.39 is 83.8 Å². The quantitative estimate of drug-likeness (QED) is 0.0185. The summed E-state index contributed by atoms with van der Waals surface area (Å²) in [4.78, 5) is 70.3. The molecule has 0 heterocycles. The van der Waals surface area contributed by atoms with Gasteiger partial charge in [0.25, 0.3) is 0 Å². The molecule has 0 saturated heterocycles. The third kappa shape index (κ3) is 25.7. The minimum absolute atomic E-state index is 0.0173. The molecule has 5 N–H and O–H groups in total. The van der Waals surface area contributed by atoms with Crippen molar-refractivity contribution in [2.75, 3.05) is 13.2 Å². The molecule has 4 atom stereocenters. The molecule has 4 rings (SSSR count). The zero-order valence-corrected chi connectivity index (χ0v) is 44.0. The minimum atomic E-state index is -1.81. The van der Waals surface area contributed by atoms with E-state index in [1.165, 1.54) is 30.3 Å². The number of rotatable bonds is 20. The molecular weight excluding hydrogens is 1050 g/mol. The molecule has 0 spiro atoms. The lowest BCUT2D eigenvalue weighted by molar-refractivity contribution is -0.163. The normalized spacial score (nSPS) is 12.1. The number of Topliss-reactive ketones (excluding diaryl/α,β-unsaturated/α-hetero) is 2. The fourth-order valence-corrected chi connectivity index (χ4v) is 6.96. The molecule has 0 fully saturated rings. The van der Waals surface area contributed by atoms with Crippen molar-refractivity contribution in [3.05, 3.63) is 122 Å². The number of carboxylic acids is 1. The van der Waals surface area contributed by atoms with Crippen molar-refractivity contribution in [1.29, 1.82) is 0 Å². The number of carbonyl (C=O) groups excluding carboxylic acids is 5. The Bertz CT molecular complexity index is 2450. The molecule has 0 unspecified atom stereocenters. The molecule has 14 nitrogen and oxygen atoms in total. The lowest BCUT2D eigenvalue weighted by atomic mass is 9.80. The van der Waals surface area contributed by atoms with Gasteiger partial charge in [0, 0.05) is 38.4 Å². The zero-order valence-electron chi connectivity index (χ0n) is 40.9. The predicted octanol–water partition coefficient (Wildman–Crippen LogP) is 8.07. The molecule has 0 radical (unpaired) electrons. The maximum Gasteiger partial charge on any atom is 0.491 e. The summed E-state index contributed by atoms with van der Waals surface area (Å²) in [5, 5.41) is 46.8. The van der Waals surface area contributed by atoms with E-state index in [-0.39, 0.29) is 55.8 Å². The van der Waals surface area contributed by atoms with Crippen LogP contribution >= 0.6 is 39.1 Å². The topological polar surface area (TPSA) is 231 Å². The van der Waals surface area contributed by atoms with Crippen LogP contribution in [0.15, 0.2) is 89.4 Å². The van der Waals surface area contributed by atoms with Gasteiger partial charge in [0.15, 0.2) is 12.2 Å². The Balaban J connectivity index is 0.000000563. The Morgan fingerprint density at radius 3 is 1.51 bits per heavy atom. The molecule has 0 saturated carbocycles. The van der Waals surface area contributed by atoms with E-state index in [4.69, 9.17) is 52.6 Å². The Hall–Kier alpha value is -5.52. The molecule has 20 heteroatoms. The molecule has 0 aliphatic heterocycles. The van der Waals surface area contributed by atoms with Gasteiger partial charge in [0.2, 0.25) is 11.6 Å². The van der Waals surface area contributed by atoms with Crippen LogP contribution < -0.4 is 5.46 Å². The molecular formula is C52H60BBrCl2F2O14. The van der Waals surface area contributed by atoms with Gasteiger partial charge in [-0.15, -0.1) is 11.8 Å². The van der Waals surface area contributed by atoms with Crippen LogP contribution in [-0.2, 0) is 55.8 Å². The number of ether oxygens (including phenoxy) is 3. The van der Waals surface area contributed by atoms with E-state index in [0.29, 0.717) is 22.6 Å². The highest BCUT2D eigenvalue weighted by Gasteiger charge is 2.30. The van der Waals surface area contributed by atoms with Gasteiger partial charge in [0.1, 0.15) is 17.2 Å². The fraction of sp³-hybridized carbons (Fsp3) is 0.385. The highest BCUT2D eigenvalue weighted by molar-refractivity contribution is 9.10. The van der Waals surface area contributed by atoms with E-state index in [0.717, 1.165) is 21.7 Å². The Morgan fingerprint density at radius 1 is 0.681 bits per heavy atom. The lowest BCUT2D eigenvalue weighted by Crippen LogP contribution is -2.32. The van der Waals surface area contributed by atoms with Gasteiger partial charge in [-0.2, -0.15) is 0 Å². The number of hydrogen-bond acceptors (Lipinski definition) is 13. The summed E-state index contributed by atoms with van der Waals surface area (Å²) in [5.74, 6) is -2.46. The Labute approximate surface area is 437 Å². The third-order valence-electron chi connectivity index (χ3n) is 9.69. The summed E-state index contributed by atoms with van der Waals surface area (Å²) in [7, 11) is -1.81. The van der Waals surface area contributed by atoms with Gasteiger partial charge in [-0.25, -0.2) is 28.0 Å². The average molecular weight is 1110 g/mol. The zero-order chi connectivity index (χ0) is 54.7. The molecule has 0 aliphatic rings. The van der Waals surface area contributed by atoms with Crippen LogP contribution in [-0.4, -0.2) is 99.0 Å². The van der Waals surface area contributed by atoms with Gasteiger partial charge in [0.05, 0.1) is 13.2 Å². The number of aliphatic carboxylic acids is 1. The van der Waals surface area contributed by atoms with Gasteiger partial charge in [-0.3, -0.25) is 9.59 Å². The highest BCUT2D eigenvalue weighted by atomic mass is 79.9. The lowest BCUT2D eigenvalue weighted by Gasteiger charge is -2.21. The Kier molecular flexibility index (Phi) is 29.8. The van der Waals surface area contributed by atoms with Crippen LogP contribution in [0, 0.1) is 35.3 Å². The number of esters is 3. The molecule has 4 aromatic rings. The summed E-state index contributed by atoms with van der Waals surface area (Å²) >= 11 is 14.8. The van der Waals surface area contributed by atoms with Crippen molar-refractivity contribution >= 4 is 87.2 Å². The van der Waals surface area contributed by atoms with Crippen molar-refractivity contribution in [2.24, 2.45) is 11.8 Å². The summed E-state index contributed by atoms with van der Waals surface area (Å²) in [6, 6.07) is 22.1. The molecule has 0 aromatic heterocycles. The smallest absolute Gasteiger partial charge is 0.476 e. The van der Waals surface area contributed by atoms with Crippen LogP contribution in [0.3, 0.4) is 0 Å². The maximum absolute atomic E-state index is 14.0. The first-order chi connectivity index (χ1) is 33.7. The van der Waals surface area contributed by atoms with Crippen molar-refractivity contribution in [2.45, 2.75) is 105 Å². The van der Waals surface area contributed by atoms with E-state index >= 15 is 0 Å². The number of halogens is 5. The summed E-state index contributed by atoms with van der Waals surface area (Å²) < 4.78 is 42.3. The first kappa shape index (κ1) is 64.5. The highest BCUT2D eigenvalue weighted by Crippen LogP contribution is 2.28. The number of aliphatic hydroxyl groups excluding tert-OH is 2. The average Bonchev–Trinajstić information content (AvgIpc) is 3.31. The van der Waals surface area contributed by atoms with E-state index in [1.807, 2.05) is 38.1 Å². The van der Waals surface area contributed by atoms with Crippen LogP contribution in [0.4, 0.5) is 8.78 Å². The second-order valence-corrected chi connectivity index (χ2v) is 18.5. The second kappa shape index (κ2) is 33.3. The molecule has 0 bridgehead atoms. The van der Waals surface area contributed by atoms with E-state index in [9.17, 15) is 47.8 Å². The number of carbonyl (C=O) groups is 6. The van der Waals surface area contributed by atoms with Crippen molar-refractivity contribution in [1.82, 2.24) is 0 Å². The monoisotopic (exact) mass is 1110 g/mol. The van der Waals surface area contributed by atoms with Gasteiger partial charge >= 0.3 is 31.0 Å². The van der Waals surface area contributed by atoms with Crippen molar-refractivity contribution in [3.8, 4) is 23.0 Å². The summed E-state index contributed by atoms with van der Waals surface area (Å²) in [6.45, 7) is 12.2. The van der Waals surface area contributed by atoms with Crippen molar-refractivity contribution < 1.29 is 77.1 Å². The number of carboxylic acid groups (broad SMARTS) is 1. The predicted molar refractivity (Wildman–Crippen MR) is 273 cm³/mol. The van der Waals surface area contributed by atoms with Gasteiger partial charge in [-0.1, -0.05) is 75.5 Å². The molecule has 0 amide bonds. The van der Waals surface area contributed by atoms with Crippen LogP contribution in [0.2, 0.25) is 10.0 Å². The van der Waals surface area contributed by atoms with Crippen LogP contribution in [0.5, 0.6) is 0 Å². The number of benzene rings is 4. The molecule has 0 aliphatic carbocycles. The SMILES string of the molecule is CC#CC.CCOC(=O)[C@H](O)C[C@H](CC(=O)C(=O)O)Cc1ccc(-c2cc(Cl)ccc2F)cc1.CCOC(=O)[C@H](O)C[C@H](CC(=O)C(=O)OC(C)(C)C)Cc1ccc(Br)cc1.OB(O)c1cc(Cl)ccc1F.